The number of benzene rings is 3. The molecule has 10 heteroatoms. The summed E-state index contributed by atoms with van der Waals surface area (Å²) < 4.78 is 14.8. The number of hydrogen-bond donors (Lipinski definition) is 0. The summed E-state index contributed by atoms with van der Waals surface area (Å²) in [5.74, 6) is 0.528. The Morgan fingerprint density at radius 3 is 2.39 bits per heavy atom. The number of esters is 1. The van der Waals surface area contributed by atoms with E-state index in [9.17, 15) is 9.59 Å². The quantitative estimate of drug-likeness (QED) is 0.358. The molecule has 3 heterocycles. The maximum absolute atomic E-state index is 14.0. The lowest BCUT2D eigenvalue weighted by atomic mass is 10.2. The third kappa shape index (κ3) is 3.69. The van der Waals surface area contributed by atoms with E-state index < -0.39 is 10.3 Å². The van der Waals surface area contributed by atoms with Crippen LogP contribution in [-0.4, -0.2) is 35.1 Å². The third-order valence-corrected chi connectivity index (χ3v) is 8.39. The van der Waals surface area contributed by atoms with E-state index in [2.05, 4.69) is 5.10 Å². The summed E-state index contributed by atoms with van der Waals surface area (Å²) in [5.41, 5.74) is 2.21. The zero-order valence-electron chi connectivity index (χ0n) is 19.0. The second-order valence-electron chi connectivity index (χ2n) is 7.89. The molecule has 1 amide bonds. The lowest BCUT2D eigenvalue weighted by Gasteiger charge is -2.38. The summed E-state index contributed by atoms with van der Waals surface area (Å²) in [7, 11) is 1.32. The van der Waals surface area contributed by atoms with Gasteiger partial charge in [0.25, 0.3) is 5.91 Å². The minimum absolute atomic E-state index is 0.159. The highest BCUT2D eigenvalue weighted by molar-refractivity contribution is 8.29. The standard InChI is InChI=1S/C26H19N3O5S2/c1-32-25(31)23-27-29(19-10-6-3-7-11-19)26(36-23)28(18-8-4-2-5-9-18)24(30)22(35-26)15-17-12-13-20-21(14-17)34-16-33-20/h2-15H,16H2,1H3/b22-15+. The number of anilines is 2. The number of thioether (sulfide) groups is 2. The molecule has 0 bridgehead atoms. The van der Waals surface area contributed by atoms with Crippen LogP contribution in [0, 0.1) is 0 Å². The number of ether oxygens (including phenoxy) is 3. The molecule has 1 saturated heterocycles. The van der Waals surface area contributed by atoms with Gasteiger partial charge < -0.3 is 14.2 Å². The van der Waals surface area contributed by atoms with Gasteiger partial charge in [-0.25, -0.2) is 9.80 Å². The van der Waals surface area contributed by atoms with Crippen LogP contribution in [0.1, 0.15) is 5.56 Å². The minimum atomic E-state index is -1.12. The smallest absolute Gasteiger partial charge is 0.365 e. The molecule has 0 saturated carbocycles. The van der Waals surface area contributed by atoms with Crippen LogP contribution >= 0.6 is 23.5 Å². The number of methoxy groups -OCH3 is 1. The Morgan fingerprint density at radius 1 is 0.972 bits per heavy atom. The molecular weight excluding hydrogens is 498 g/mol. The van der Waals surface area contributed by atoms with Gasteiger partial charge in [0, 0.05) is 5.69 Å². The summed E-state index contributed by atoms with van der Waals surface area (Å²) in [4.78, 5) is 28.8. The van der Waals surface area contributed by atoms with Crippen LogP contribution in [0.3, 0.4) is 0 Å². The molecule has 3 aliphatic rings. The Balaban J connectivity index is 1.49. The van der Waals surface area contributed by atoms with Gasteiger partial charge in [-0.05, 0) is 59.8 Å². The van der Waals surface area contributed by atoms with Crippen molar-refractivity contribution in [2.24, 2.45) is 5.10 Å². The van der Waals surface area contributed by atoms with Crippen LogP contribution in [0.2, 0.25) is 0 Å². The van der Waals surface area contributed by atoms with E-state index in [1.165, 1.54) is 30.6 Å². The number of nitrogens with zero attached hydrogens (tertiary/aromatic N) is 3. The topological polar surface area (TPSA) is 80.7 Å². The average Bonchev–Trinajstić information content (AvgIpc) is 3.60. The normalized spacial score (nSPS) is 21.4. The Kier molecular flexibility index (Phi) is 5.62. The number of hydrazone groups is 1. The molecule has 3 aromatic carbocycles. The third-order valence-electron chi connectivity index (χ3n) is 5.70. The number of carbonyl (C=O) groups is 2. The second kappa shape index (κ2) is 8.96. The van der Waals surface area contributed by atoms with E-state index in [1.54, 1.807) is 9.91 Å². The molecule has 180 valence electrons. The van der Waals surface area contributed by atoms with Gasteiger partial charge in [-0.1, -0.05) is 54.2 Å². The van der Waals surface area contributed by atoms with Gasteiger partial charge in [0.05, 0.1) is 17.7 Å². The summed E-state index contributed by atoms with van der Waals surface area (Å²) in [6.45, 7) is 0.171. The fourth-order valence-electron chi connectivity index (χ4n) is 4.08. The van der Waals surface area contributed by atoms with Crippen LogP contribution in [0.15, 0.2) is 88.9 Å². The summed E-state index contributed by atoms with van der Waals surface area (Å²) >= 11 is 2.51. The van der Waals surface area contributed by atoms with E-state index >= 15 is 0 Å². The Bertz CT molecular complexity index is 1410. The average molecular weight is 518 g/mol. The highest BCUT2D eigenvalue weighted by atomic mass is 32.2. The van der Waals surface area contributed by atoms with E-state index in [1.807, 2.05) is 84.9 Å². The Hall–Kier alpha value is -3.89. The Morgan fingerprint density at radius 2 is 1.67 bits per heavy atom. The van der Waals surface area contributed by atoms with Crippen LogP contribution < -0.4 is 19.4 Å². The first-order valence-corrected chi connectivity index (χ1v) is 12.6. The number of carbonyl (C=O) groups excluding carboxylic acids is 2. The monoisotopic (exact) mass is 517 g/mol. The fraction of sp³-hybridized carbons (Fsp3) is 0.115. The van der Waals surface area contributed by atoms with Crippen molar-refractivity contribution in [3.63, 3.8) is 0 Å². The van der Waals surface area contributed by atoms with Gasteiger partial charge in [0.2, 0.25) is 16.2 Å². The predicted octanol–water partition coefficient (Wildman–Crippen LogP) is 4.89. The molecule has 1 spiro atoms. The molecule has 0 radical (unpaired) electrons. The molecule has 0 aliphatic carbocycles. The largest absolute Gasteiger partial charge is 0.464 e. The fourth-order valence-corrected chi connectivity index (χ4v) is 6.98. The number of rotatable bonds is 4. The van der Waals surface area contributed by atoms with Crippen molar-refractivity contribution in [2.75, 3.05) is 23.8 Å². The maximum atomic E-state index is 14.0. The summed E-state index contributed by atoms with van der Waals surface area (Å²) in [6.07, 6.45) is 1.82. The zero-order valence-corrected chi connectivity index (χ0v) is 20.6. The number of amides is 1. The summed E-state index contributed by atoms with van der Waals surface area (Å²) in [6, 6.07) is 24.3. The van der Waals surface area contributed by atoms with Crippen LogP contribution in [0.4, 0.5) is 11.4 Å². The van der Waals surface area contributed by atoms with Crippen molar-refractivity contribution in [2.45, 2.75) is 4.33 Å². The first-order chi connectivity index (χ1) is 17.6. The molecular formula is C26H19N3O5S2. The van der Waals surface area contributed by atoms with Gasteiger partial charge in [-0.2, -0.15) is 5.10 Å². The molecule has 1 fully saturated rings. The number of para-hydroxylation sites is 2. The highest BCUT2D eigenvalue weighted by Gasteiger charge is 2.60. The molecule has 8 nitrogen and oxygen atoms in total. The minimum Gasteiger partial charge on any atom is -0.464 e. The lowest BCUT2D eigenvalue weighted by Crippen LogP contribution is -2.51. The first-order valence-electron chi connectivity index (χ1n) is 11.0. The molecule has 6 rings (SSSR count). The number of hydrogen-bond acceptors (Lipinski definition) is 9. The van der Waals surface area contributed by atoms with Crippen molar-refractivity contribution in [1.82, 2.24) is 0 Å². The van der Waals surface area contributed by atoms with Crippen molar-refractivity contribution in [3.05, 3.63) is 89.3 Å². The molecule has 0 N–H and O–H groups in total. The molecule has 0 aromatic heterocycles. The molecule has 3 aliphatic heterocycles. The zero-order chi connectivity index (χ0) is 24.7. The van der Waals surface area contributed by atoms with Gasteiger partial charge in [-0.3, -0.25) is 9.69 Å². The predicted molar refractivity (Wildman–Crippen MR) is 141 cm³/mol. The maximum Gasteiger partial charge on any atom is 0.365 e. The van der Waals surface area contributed by atoms with E-state index in [0.717, 1.165) is 11.3 Å². The van der Waals surface area contributed by atoms with Crippen LogP contribution in [0.25, 0.3) is 6.08 Å². The van der Waals surface area contributed by atoms with E-state index in [-0.39, 0.29) is 17.7 Å². The van der Waals surface area contributed by atoms with Gasteiger partial charge in [0.1, 0.15) is 0 Å². The van der Waals surface area contributed by atoms with Crippen molar-refractivity contribution in [1.29, 1.82) is 0 Å². The van der Waals surface area contributed by atoms with Crippen LogP contribution in [-0.2, 0) is 14.3 Å². The van der Waals surface area contributed by atoms with Crippen molar-refractivity contribution in [3.8, 4) is 11.5 Å². The van der Waals surface area contributed by atoms with E-state index in [4.69, 9.17) is 14.2 Å². The van der Waals surface area contributed by atoms with E-state index in [0.29, 0.717) is 22.1 Å². The van der Waals surface area contributed by atoms with Crippen molar-refractivity contribution >= 4 is 57.9 Å². The highest BCUT2D eigenvalue weighted by Crippen LogP contribution is 2.59. The first kappa shape index (κ1) is 22.6. The van der Waals surface area contributed by atoms with Crippen LogP contribution in [0.5, 0.6) is 11.5 Å². The molecule has 1 atom stereocenters. The molecule has 3 aromatic rings. The molecule has 1 unspecified atom stereocenters. The second-order valence-corrected chi connectivity index (χ2v) is 10.5. The lowest BCUT2D eigenvalue weighted by molar-refractivity contribution is -0.132. The Labute approximate surface area is 215 Å². The summed E-state index contributed by atoms with van der Waals surface area (Å²) in [5, 5.41) is 6.49. The van der Waals surface area contributed by atoms with Crippen molar-refractivity contribution < 1.29 is 23.8 Å². The van der Waals surface area contributed by atoms with Gasteiger partial charge in [0.15, 0.2) is 11.5 Å². The SMILES string of the molecule is COC(=O)C1=NN(c2ccccc2)C2(S1)S/C(=C/c1ccc3c(c1)OCO3)C(=O)N2c1ccccc1. The van der Waals surface area contributed by atoms with Gasteiger partial charge >= 0.3 is 5.97 Å². The van der Waals surface area contributed by atoms with Gasteiger partial charge in [-0.15, -0.1) is 0 Å². The number of fused-ring (bicyclic) bond motifs is 1. The molecule has 36 heavy (non-hydrogen) atoms.